The Bertz CT molecular complexity index is 782. The van der Waals surface area contributed by atoms with Gasteiger partial charge in [0.1, 0.15) is 11.5 Å². The van der Waals surface area contributed by atoms with Crippen molar-refractivity contribution in [2.75, 3.05) is 0 Å². The molecule has 0 fully saturated rings. The van der Waals surface area contributed by atoms with Gasteiger partial charge in [-0.3, -0.25) is 0 Å². The molecule has 0 aliphatic rings. The van der Waals surface area contributed by atoms with Gasteiger partial charge in [0.25, 0.3) is 0 Å². The maximum Gasteiger partial charge on any atom is 0.141 e. The fourth-order valence-corrected chi connectivity index (χ4v) is 2.46. The number of hydrogen-bond acceptors (Lipinski definition) is 1. The zero-order valence-electron chi connectivity index (χ0n) is 9.99. The first-order chi connectivity index (χ1) is 9.06. The number of benzene rings is 1. The maximum atomic E-state index is 13.2. The second-order valence-electron chi connectivity index (χ2n) is 4.25. The first-order valence-corrected chi connectivity index (χ1v) is 6.83. The third-order valence-corrected chi connectivity index (χ3v) is 4.16. The van der Waals surface area contributed by atoms with E-state index in [4.69, 9.17) is 11.6 Å². The molecule has 2 nitrogen and oxygen atoms in total. The lowest BCUT2D eigenvalue weighted by Gasteiger charge is -2.00. The van der Waals surface area contributed by atoms with Gasteiger partial charge in [-0.15, -0.1) is 0 Å². The van der Waals surface area contributed by atoms with Crippen LogP contribution in [-0.2, 0) is 0 Å². The van der Waals surface area contributed by atoms with Crippen LogP contribution in [0.25, 0.3) is 16.9 Å². The molecule has 0 amide bonds. The Kier molecular flexibility index (Phi) is 3.07. The van der Waals surface area contributed by atoms with E-state index in [2.05, 4.69) is 20.9 Å². The van der Waals surface area contributed by atoms with Crippen molar-refractivity contribution in [1.82, 2.24) is 9.38 Å². The summed E-state index contributed by atoms with van der Waals surface area (Å²) in [7, 11) is 0. The van der Waals surface area contributed by atoms with E-state index in [0.29, 0.717) is 0 Å². The molecule has 0 saturated heterocycles. The van der Waals surface area contributed by atoms with Crippen LogP contribution in [-0.4, -0.2) is 9.38 Å². The summed E-state index contributed by atoms with van der Waals surface area (Å²) in [5.41, 5.74) is 3.47. The average molecular weight is 340 g/mol. The number of pyridine rings is 1. The maximum absolute atomic E-state index is 13.2. The van der Waals surface area contributed by atoms with Gasteiger partial charge in [0, 0.05) is 21.9 Å². The minimum Gasteiger partial charge on any atom is -0.303 e. The van der Waals surface area contributed by atoms with E-state index in [1.807, 2.05) is 29.7 Å². The van der Waals surface area contributed by atoms with Gasteiger partial charge in [0.05, 0.1) is 10.7 Å². The van der Waals surface area contributed by atoms with Gasteiger partial charge in [-0.2, -0.15) is 0 Å². The fraction of sp³-hybridized carbons (Fsp3) is 0.0714. The van der Waals surface area contributed by atoms with Gasteiger partial charge in [0.2, 0.25) is 0 Å². The van der Waals surface area contributed by atoms with E-state index >= 15 is 0 Å². The van der Waals surface area contributed by atoms with E-state index in [0.717, 1.165) is 27.1 Å². The molecule has 0 unspecified atom stereocenters. The smallest absolute Gasteiger partial charge is 0.141 e. The summed E-state index contributed by atoms with van der Waals surface area (Å²) in [5.74, 6) is -0.423. The Morgan fingerprint density at radius 2 is 2.05 bits per heavy atom. The van der Waals surface area contributed by atoms with Crippen molar-refractivity contribution in [2.45, 2.75) is 6.92 Å². The molecule has 2 heterocycles. The summed E-state index contributed by atoms with van der Waals surface area (Å²) in [4.78, 5) is 4.52. The van der Waals surface area contributed by atoms with Gasteiger partial charge < -0.3 is 4.40 Å². The highest BCUT2D eigenvalue weighted by Crippen LogP contribution is 2.26. The fourth-order valence-electron chi connectivity index (χ4n) is 1.96. The number of aromatic nitrogens is 2. The Morgan fingerprint density at radius 1 is 1.26 bits per heavy atom. The minimum absolute atomic E-state index is 0.104. The molecular weight excluding hydrogens is 331 g/mol. The first kappa shape index (κ1) is 12.6. The molecular formula is C14H9BrClFN2. The molecule has 0 aliphatic heterocycles. The molecule has 0 atom stereocenters. The highest BCUT2D eigenvalue weighted by Gasteiger charge is 2.09. The molecule has 3 aromatic rings. The third kappa shape index (κ3) is 2.15. The van der Waals surface area contributed by atoms with E-state index in [9.17, 15) is 4.39 Å². The van der Waals surface area contributed by atoms with Crippen LogP contribution in [0, 0.1) is 12.7 Å². The van der Waals surface area contributed by atoms with Gasteiger partial charge in [0.15, 0.2) is 0 Å². The van der Waals surface area contributed by atoms with E-state index < -0.39 is 5.82 Å². The summed E-state index contributed by atoms with van der Waals surface area (Å²) >= 11 is 9.29. The monoisotopic (exact) mass is 338 g/mol. The molecule has 96 valence electrons. The summed E-state index contributed by atoms with van der Waals surface area (Å²) in [6.07, 6.45) is 1.92. The highest BCUT2D eigenvalue weighted by molar-refractivity contribution is 9.10. The zero-order valence-corrected chi connectivity index (χ0v) is 12.3. The van der Waals surface area contributed by atoms with Gasteiger partial charge in [-0.1, -0.05) is 11.6 Å². The van der Waals surface area contributed by atoms with E-state index in [1.165, 1.54) is 6.07 Å². The molecule has 0 saturated carbocycles. The normalized spacial score (nSPS) is 11.2. The highest BCUT2D eigenvalue weighted by atomic mass is 79.9. The van der Waals surface area contributed by atoms with Crippen LogP contribution in [0.5, 0.6) is 0 Å². The Balaban J connectivity index is 2.20. The molecule has 19 heavy (non-hydrogen) atoms. The second kappa shape index (κ2) is 4.62. The predicted molar refractivity (Wildman–Crippen MR) is 78.0 cm³/mol. The SMILES string of the molecule is Cc1c(Br)ccc2nc(-c3ccc(F)c(Cl)c3)cn12. The summed E-state index contributed by atoms with van der Waals surface area (Å²) < 4.78 is 16.2. The predicted octanol–water partition coefficient (Wildman–Crippen LogP) is 4.86. The number of aryl methyl sites for hydroxylation is 1. The summed E-state index contributed by atoms with van der Waals surface area (Å²) in [5, 5.41) is 0.104. The molecule has 0 bridgehead atoms. The number of halogens is 3. The largest absolute Gasteiger partial charge is 0.303 e. The summed E-state index contributed by atoms with van der Waals surface area (Å²) in [6, 6.07) is 8.49. The molecule has 1 aromatic carbocycles. The molecule has 0 aliphatic carbocycles. The lowest BCUT2D eigenvalue weighted by molar-refractivity contribution is 0.628. The molecule has 0 spiro atoms. The van der Waals surface area contributed by atoms with Crippen LogP contribution in [0.3, 0.4) is 0 Å². The summed E-state index contributed by atoms with van der Waals surface area (Å²) in [6.45, 7) is 2.00. The molecule has 5 heteroatoms. The Hall–Kier alpha value is -1.39. The van der Waals surface area contributed by atoms with Crippen LogP contribution in [0.4, 0.5) is 4.39 Å². The van der Waals surface area contributed by atoms with Gasteiger partial charge in [-0.25, -0.2) is 9.37 Å². The van der Waals surface area contributed by atoms with Crippen LogP contribution in [0.1, 0.15) is 5.69 Å². The van der Waals surface area contributed by atoms with Crippen molar-refractivity contribution in [1.29, 1.82) is 0 Å². The van der Waals surface area contributed by atoms with Crippen LogP contribution in [0.15, 0.2) is 41.0 Å². The van der Waals surface area contributed by atoms with Crippen molar-refractivity contribution in [2.24, 2.45) is 0 Å². The molecule has 0 radical (unpaired) electrons. The second-order valence-corrected chi connectivity index (χ2v) is 5.51. The standard InChI is InChI=1S/C14H9BrClFN2/c1-8-10(15)3-5-14-18-13(7-19(8)14)9-2-4-12(17)11(16)6-9/h2-7H,1H3. The molecule has 2 aromatic heterocycles. The third-order valence-electron chi connectivity index (χ3n) is 3.03. The van der Waals surface area contributed by atoms with Crippen LogP contribution < -0.4 is 0 Å². The number of nitrogens with zero attached hydrogens (tertiary/aromatic N) is 2. The Labute approximate surface area is 123 Å². The van der Waals surface area contributed by atoms with Crippen LogP contribution >= 0.6 is 27.5 Å². The number of imidazole rings is 1. The van der Waals surface area contributed by atoms with E-state index in [-0.39, 0.29) is 5.02 Å². The lowest BCUT2D eigenvalue weighted by Crippen LogP contribution is -1.89. The minimum atomic E-state index is -0.423. The number of hydrogen-bond donors (Lipinski definition) is 0. The number of rotatable bonds is 1. The topological polar surface area (TPSA) is 17.3 Å². The quantitative estimate of drug-likeness (QED) is 0.618. The van der Waals surface area contributed by atoms with Gasteiger partial charge >= 0.3 is 0 Å². The molecule has 3 rings (SSSR count). The first-order valence-electron chi connectivity index (χ1n) is 5.66. The number of fused-ring (bicyclic) bond motifs is 1. The van der Waals surface area contributed by atoms with Crippen molar-refractivity contribution in [3.8, 4) is 11.3 Å². The van der Waals surface area contributed by atoms with Crippen molar-refractivity contribution in [3.05, 3.63) is 57.5 Å². The van der Waals surface area contributed by atoms with Crippen LogP contribution in [0.2, 0.25) is 5.02 Å². The van der Waals surface area contributed by atoms with Crippen molar-refractivity contribution in [3.63, 3.8) is 0 Å². The van der Waals surface area contributed by atoms with Gasteiger partial charge in [-0.05, 0) is 53.2 Å². The lowest BCUT2D eigenvalue weighted by atomic mass is 10.2. The zero-order chi connectivity index (χ0) is 13.6. The Morgan fingerprint density at radius 3 is 2.79 bits per heavy atom. The molecule has 0 N–H and O–H groups in total. The van der Waals surface area contributed by atoms with E-state index in [1.54, 1.807) is 12.1 Å². The average Bonchev–Trinajstić information content (AvgIpc) is 2.82. The van der Waals surface area contributed by atoms with Crippen molar-refractivity contribution >= 4 is 33.2 Å². The van der Waals surface area contributed by atoms with Crippen molar-refractivity contribution < 1.29 is 4.39 Å².